The van der Waals surface area contributed by atoms with Crippen molar-refractivity contribution in [2.75, 3.05) is 14.2 Å². The highest BCUT2D eigenvalue weighted by Gasteiger charge is 2.30. The standard InChI is InChI=1S/C20H14N6O8/c1-33-19(31)14-16(20(32)34-2)26(24-22-14)11-8-4-6-9-5-3-7-10(12(9)11)25-15(18(29)30)13(17(27)28)21-23-25/h3-8H,1-2H3,(H,27,28)(H,29,30). The second-order valence-electron chi connectivity index (χ2n) is 6.64. The number of hydrogen-bond donors (Lipinski definition) is 2. The van der Waals surface area contributed by atoms with Crippen LogP contribution < -0.4 is 0 Å². The monoisotopic (exact) mass is 466 g/mol. The van der Waals surface area contributed by atoms with Gasteiger partial charge in [0.2, 0.25) is 11.4 Å². The van der Waals surface area contributed by atoms with Gasteiger partial charge in [-0.1, -0.05) is 34.7 Å². The number of rotatable bonds is 6. The van der Waals surface area contributed by atoms with E-state index >= 15 is 0 Å². The molecule has 34 heavy (non-hydrogen) atoms. The van der Waals surface area contributed by atoms with Gasteiger partial charge in [0.25, 0.3) is 0 Å². The molecule has 0 aliphatic heterocycles. The fraction of sp³-hybridized carbons (Fsp3) is 0.100. The van der Waals surface area contributed by atoms with Gasteiger partial charge < -0.3 is 19.7 Å². The first-order valence-electron chi connectivity index (χ1n) is 9.37. The van der Waals surface area contributed by atoms with E-state index in [1.807, 2.05) is 0 Å². The van der Waals surface area contributed by atoms with E-state index in [-0.39, 0.29) is 17.1 Å². The van der Waals surface area contributed by atoms with Crippen molar-refractivity contribution >= 4 is 34.6 Å². The van der Waals surface area contributed by atoms with E-state index in [1.54, 1.807) is 24.3 Å². The molecule has 0 saturated heterocycles. The van der Waals surface area contributed by atoms with Crippen LogP contribution in [0.15, 0.2) is 36.4 Å². The molecular weight excluding hydrogens is 452 g/mol. The van der Waals surface area contributed by atoms with Crippen LogP contribution in [0.2, 0.25) is 0 Å². The molecule has 172 valence electrons. The number of carbonyl (C=O) groups is 4. The number of hydrogen-bond acceptors (Lipinski definition) is 10. The summed E-state index contributed by atoms with van der Waals surface area (Å²) in [6, 6.07) is 9.61. The molecular formula is C20H14N6O8. The minimum Gasteiger partial charge on any atom is -0.476 e. The first kappa shape index (κ1) is 22.1. The number of nitrogens with zero attached hydrogens (tertiary/aromatic N) is 6. The van der Waals surface area contributed by atoms with Crippen molar-refractivity contribution in [1.29, 1.82) is 0 Å². The van der Waals surface area contributed by atoms with Crippen LogP contribution in [0.3, 0.4) is 0 Å². The first-order valence-corrected chi connectivity index (χ1v) is 9.37. The zero-order valence-electron chi connectivity index (χ0n) is 17.5. The van der Waals surface area contributed by atoms with Crippen molar-refractivity contribution in [2.45, 2.75) is 0 Å². The van der Waals surface area contributed by atoms with Crippen molar-refractivity contribution in [1.82, 2.24) is 30.0 Å². The largest absolute Gasteiger partial charge is 0.476 e. The quantitative estimate of drug-likeness (QED) is 0.384. The molecule has 0 fully saturated rings. The number of aromatic carboxylic acids is 2. The molecule has 2 N–H and O–H groups in total. The molecule has 0 bridgehead atoms. The van der Waals surface area contributed by atoms with E-state index in [4.69, 9.17) is 4.74 Å². The molecule has 0 aliphatic carbocycles. The fourth-order valence-electron chi connectivity index (χ4n) is 3.41. The Bertz CT molecular complexity index is 1480. The predicted molar refractivity (Wildman–Crippen MR) is 110 cm³/mol. The molecule has 0 radical (unpaired) electrons. The number of esters is 2. The van der Waals surface area contributed by atoms with Gasteiger partial charge in [0, 0.05) is 5.39 Å². The van der Waals surface area contributed by atoms with Gasteiger partial charge in [-0.2, -0.15) is 0 Å². The second-order valence-corrected chi connectivity index (χ2v) is 6.64. The van der Waals surface area contributed by atoms with E-state index in [9.17, 15) is 29.4 Å². The highest BCUT2D eigenvalue weighted by Crippen LogP contribution is 2.30. The van der Waals surface area contributed by atoms with Crippen molar-refractivity contribution in [3.8, 4) is 11.4 Å². The van der Waals surface area contributed by atoms with Gasteiger partial charge in [0.15, 0.2) is 11.4 Å². The van der Waals surface area contributed by atoms with Crippen LogP contribution in [0.25, 0.3) is 22.1 Å². The molecule has 14 nitrogen and oxygen atoms in total. The van der Waals surface area contributed by atoms with Crippen LogP contribution in [0.4, 0.5) is 0 Å². The number of benzene rings is 2. The zero-order chi connectivity index (χ0) is 24.6. The maximum atomic E-state index is 12.5. The highest BCUT2D eigenvalue weighted by molar-refractivity contribution is 6.04. The van der Waals surface area contributed by atoms with Crippen LogP contribution in [-0.4, -0.2) is 78.3 Å². The number of carboxylic acid groups (broad SMARTS) is 2. The smallest absolute Gasteiger partial charge is 0.361 e. The van der Waals surface area contributed by atoms with Crippen molar-refractivity contribution in [2.24, 2.45) is 0 Å². The van der Waals surface area contributed by atoms with Crippen molar-refractivity contribution in [3.05, 3.63) is 59.2 Å². The number of carbonyl (C=O) groups excluding carboxylic acids is 2. The summed E-state index contributed by atoms with van der Waals surface area (Å²) in [6.45, 7) is 0. The highest BCUT2D eigenvalue weighted by atomic mass is 16.5. The summed E-state index contributed by atoms with van der Waals surface area (Å²) in [5.41, 5.74) is -1.86. The Balaban J connectivity index is 2.08. The summed E-state index contributed by atoms with van der Waals surface area (Å²) < 4.78 is 11.3. The average molecular weight is 466 g/mol. The summed E-state index contributed by atoms with van der Waals surface area (Å²) in [6.07, 6.45) is 0. The lowest BCUT2D eigenvalue weighted by atomic mass is 10.1. The SMILES string of the molecule is COC(=O)c1nnn(-c2cccc3cccc(-n4nnc(C(=O)O)c4C(=O)O)c23)c1C(=O)OC. The topological polar surface area (TPSA) is 189 Å². The molecule has 4 rings (SSSR count). The number of carboxylic acids is 2. The molecule has 2 aromatic carbocycles. The first-order chi connectivity index (χ1) is 16.3. The summed E-state index contributed by atoms with van der Waals surface area (Å²) in [4.78, 5) is 48.0. The Hall–Kier alpha value is -5.14. The number of ether oxygens (including phenoxy) is 2. The van der Waals surface area contributed by atoms with Crippen LogP contribution in [0.5, 0.6) is 0 Å². The van der Waals surface area contributed by atoms with E-state index < -0.39 is 41.0 Å². The van der Waals surface area contributed by atoms with E-state index in [1.165, 1.54) is 12.1 Å². The Morgan fingerprint density at radius 1 is 0.735 bits per heavy atom. The maximum absolute atomic E-state index is 12.5. The summed E-state index contributed by atoms with van der Waals surface area (Å²) in [7, 11) is 2.22. The maximum Gasteiger partial charge on any atom is 0.361 e. The third-order valence-electron chi connectivity index (χ3n) is 4.82. The molecule has 0 amide bonds. The van der Waals surface area contributed by atoms with Gasteiger partial charge >= 0.3 is 23.9 Å². The van der Waals surface area contributed by atoms with Crippen LogP contribution in [0, 0.1) is 0 Å². The zero-order valence-corrected chi connectivity index (χ0v) is 17.5. The molecule has 2 aromatic heterocycles. The number of aromatic nitrogens is 6. The Kier molecular flexibility index (Phi) is 5.46. The van der Waals surface area contributed by atoms with Gasteiger partial charge in [0.1, 0.15) is 0 Å². The number of fused-ring (bicyclic) bond motifs is 1. The van der Waals surface area contributed by atoms with Gasteiger partial charge in [-0.15, -0.1) is 10.2 Å². The van der Waals surface area contributed by atoms with Gasteiger partial charge in [-0.3, -0.25) is 0 Å². The molecule has 14 heteroatoms. The molecule has 4 aromatic rings. The van der Waals surface area contributed by atoms with Crippen LogP contribution in [-0.2, 0) is 9.47 Å². The van der Waals surface area contributed by atoms with E-state index in [0.717, 1.165) is 23.6 Å². The molecule has 0 aliphatic rings. The Morgan fingerprint density at radius 2 is 1.26 bits per heavy atom. The normalized spacial score (nSPS) is 10.8. The third kappa shape index (κ3) is 3.38. The van der Waals surface area contributed by atoms with Crippen LogP contribution >= 0.6 is 0 Å². The van der Waals surface area contributed by atoms with E-state index in [0.29, 0.717) is 10.8 Å². The minimum absolute atomic E-state index is 0.122. The van der Waals surface area contributed by atoms with E-state index in [2.05, 4.69) is 25.4 Å². The molecule has 0 atom stereocenters. The lowest BCUT2D eigenvalue weighted by molar-refractivity contribution is 0.0546. The van der Waals surface area contributed by atoms with Gasteiger partial charge in [0.05, 0.1) is 25.6 Å². The molecule has 0 unspecified atom stereocenters. The van der Waals surface area contributed by atoms with Gasteiger partial charge in [-0.05, 0) is 17.5 Å². The fourth-order valence-corrected chi connectivity index (χ4v) is 3.41. The lowest BCUT2D eigenvalue weighted by Gasteiger charge is -2.13. The summed E-state index contributed by atoms with van der Waals surface area (Å²) >= 11 is 0. The summed E-state index contributed by atoms with van der Waals surface area (Å²) in [5, 5.41) is 34.7. The Labute approximate surface area is 188 Å². The second kappa shape index (κ2) is 8.42. The lowest BCUT2D eigenvalue weighted by Crippen LogP contribution is -2.16. The summed E-state index contributed by atoms with van der Waals surface area (Å²) in [5.74, 6) is -5.00. The predicted octanol–water partition coefficient (Wildman–Crippen LogP) is 0.971. The van der Waals surface area contributed by atoms with Crippen molar-refractivity contribution in [3.63, 3.8) is 0 Å². The molecule has 2 heterocycles. The van der Waals surface area contributed by atoms with Crippen molar-refractivity contribution < 1.29 is 38.9 Å². The third-order valence-corrected chi connectivity index (χ3v) is 4.82. The molecule has 0 spiro atoms. The number of methoxy groups -OCH3 is 2. The van der Waals surface area contributed by atoms with Crippen LogP contribution in [0.1, 0.15) is 42.0 Å². The Morgan fingerprint density at radius 3 is 1.76 bits per heavy atom. The minimum atomic E-state index is -1.57. The molecule has 0 saturated carbocycles. The average Bonchev–Trinajstić information content (AvgIpc) is 3.47. The van der Waals surface area contributed by atoms with Gasteiger partial charge in [-0.25, -0.2) is 28.5 Å².